The molecule has 0 spiro atoms. The molecular formula is C15H21ClN2O. The van der Waals surface area contributed by atoms with Gasteiger partial charge in [-0.25, -0.2) is 0 Å². The number of hydrogen-bond donors (Lipinski definition) is 1. The van der Waals surface area contributed by atoms with Crippen molar-refractivity contribution in [2.24, 2.45) is 5.92 Å². The Hall–Kier alpha value is -1.09. The molecule has 4 heteroatoms. The zero-order chi connectivity index (χ0) is 13.7. The van der Waals surface area contributed by atoms with Gasteiger partial charge in [0.05, 0.1) is 10.6 Å². The first-order valence-electron chi connectivity index (χ1n) is 7.12. The summed E-state index contributed by atoms with van der Waals surface area (Å²) in [5, 5.41) is 3.59. The molecule has 1 unspecified atom stereocenters. The molecule has 1 aliphatic carbocycles. The van der Waals surface area contributed by atoms with E-state index in [0.717, 1.165) is 6.42 Å². The molecule has 1 aromatic rings. The van der Waals surface area contributed by atoms with Crippen molar-refractivity contribution >= 4 is 17.5 Å². The molecule has 0 radical (unpaired) electrons. The SMILES string of the molecule is CCC(NC(=O)c1cnccc1Cl)C1CCCCC1. The van der Waals surface area contributed by atoms with Crippen LogP contribution in [0.25, 0.3) is 0 Å². The monoisotopic (exact) mass is 280 g/mol. The number of carbonyl (C=O) groups excluding carboxylic acids is 1. The number of pyridine rings is 1. The molecule has 1 aromatic heterocycles. The third-order valence-corrected chi connectivity index (χ3v) is 4.32. The number of hydrogen-bond acceptors (Lipinski definition) is 2. The Morgan fingerprint density at radius 2 is 2.21 bits per heavy atom. The van der Waals surface area contributed by atoms with Gasteiger partial charge in [-0.2, -0.15) is 0 Å². The molecule has 2 rings (SSSR count). The fraction of sp³-hybridized carbons (Fsp3) is 0.600. The van der Waals surface area contributed by atoms with Crippen molar-refractivity contribution in [3.63, 3.8) is 0 Å². The quantitative estimate of drug-likeness (QED) is 0.911. The summed E-state index contributed by atoms with van der Waals surface area (Å²) in [6.45, 7) is 2.13. The Morgan fingerprint density at radius 1 is 1.47 bits per heavy atom. The minimum atomic E-state index is -0.101. The smallest absolute Gasteiger partial charge is 0.254 e. The minimum Gasteiger partial charge on any atom is -0.349 e. The number of aromatic nitrogens is 1. The lowest BCUT2D eigenvalue weighted by molar-refractivity contribution is 0.0911. The average molecular weight is 281 g/mol. The summed E-state index contributed by atoms with van der Waals surface area (Å²) in [5.74, 6) is 0.508. The lowest BCUT2D eigenvalue weighted by Gasteiger charge is -2.30. The van der Waals surface area contributed by atoms with Gasteiger partial charge in [0.15, 0.2) is 0 Å². The molecule has 1 amide bonds. The fourth-order valence-corrected chi connectivity index (χ4v) is 3.07. The van der Waals surface area contributed by atoms with Crippen LogP contribution >= 0.6 is 11.6 Å². The third kappa shape index (κ3) is 3.69. The van der Waals surface area contributed by atoms with Gasteiger partial charge in [-0.05, 0) is 31.2 Å². The molecule has 0 aromatic carbocycles. The van der Waals surface area contributed by atoms with E-state index in [2.05, 4.69) is 17.2 Å². The van der Waals surface area contributed by atoms with Crippen LogP contribution in [0.15, 0.2) is 18.5 Å². The van der Waals surface area contributed by atoms with E-state index in [9.17, 15) is 4.79 Å². The highest BCUT2D eigenvalue weighted by atomic mass is 35.5. The van der Waals surface area contributed by atoms with Gasteiger partial charge < -0.3 is 5.32 Å². The molecule has 1 heterocycles. The molecule has 1 fully saturated rings. The summed E-state index contributed by atoms with van der Waals surface area (Å²) < 4.78 is 0. The van der Waals surface area contributed by atoms with E-state index in [1.807, 2.05) is 0 Å². The molecule has 0 bridgehead atoms. The number of halogens is 1. The maximum Gasteiger partial charge on any atom is 0.254 e. The number of rotatable bonds is 4. The van der Waals surface area contributed by atoms with Crippen LogP contribution < -0.4 is 5.32 Å². The van der Waals surface area contributed by atoms with Crippen LogP contribution in [-0.4, -0.2) is 16.9 Å². The normalized spacial score (nSPS) is 18.0. The highest BCUT2D eigenvalue weighted by Gasteiger charge is 2.24. The zero-order valence-corrected chi connectivity index (χ0v) is 12.1. The predicted molar refractivity (Wildman–Crippen MR) is 77.4 cm³/mol. The number of carbonyl (C=O) groups is 1. The van der Waals surface area contributed by atoms with E-state index in [1.165, 1.54) is 38.3 Å². The number of nitrogens with zero attached hydrogens (tertiary/aromatic N) is 1. The summed E-state index contributed by atoms with van der Waals surface area (Å²) in [7, 11) is 0. The van der Waals surface area contributed by atoms with Crippen LogP contribution in [0, 0.1) is 5.92 Å². The second-order valence-electron chi connectivity index (χ2n) is 5.24. The van der Waals surface area contributed by atoms with Gasteiger partial charge in [0, 0.05) is 18.4 Å². The predicted octanol–water partition coefficient (Wildman–Crippen LogP) is 3.82. The Kier molecular flexibility index (Phi) is 5.20. The van der Waals surface area contributed by atoms with Crippen molar-refractivity contribution in [2.75, 3.05) is 0 Å². The summed E-state index contributed by atoms with van der Waals surface area (Å²) in [4.78, 5) is 16.2. The van der Waals surface area contributed by atoms with Crippen molar-refractivity contribution in [3.8, 4) is 0 Å². The first-order chi connectivity index (χ1) is 9.22. The Labute approximate surface area is 119 Å². The van der Waals surface area contributed by atoms with Gasteiger partial charge in [0.1, 0.15) is 0 Å². The third-order valence-electron chi connectivity index (χ3n) is 3.99. The van der Waals surface area contributed by atoms with Gasteiger partial charge in [0.25, 0.3) is 5.91 Å². The van der Waals surface area contributed by atoms with Crippen LogP contribution in [0.5, 0.6) is 0 Å². The average Bonchev–Trinajstić information content (AvgIpc) is 2.46. The van der Waals surface area contributed by atoms with Gasteiger partial charge in [-0.1, -0.05) is 37.8 Å². The Morgan fingerprint density at radius 3 is 2.84 bits per heavy atom. The van der Waals surface area contributed by atoms with E-state index in [-0.39, 0.29) is 11.9 Å². The standard InChI is InChI=1S/C15H21ClN2O/c1-2-14(11-6-4-3-5-7-11)18-15(19)12-10-17-9-8-13(12)16/h8-11,14H,2-7H2,1H3,(H,18,19). The molecule has 3 nitrogen and oxygen atoms in total. The largest absolute Gasteiger partial charge is 0.349 e. The molecule has 1 N–H and O–H groups in total. The van der Waals surface area contributed by atoms with Crippen LogP contribution in [0.3, 0.4) is 0 Å². The number of amides is 1. The van der Waals surface area contributed by atoms with Crippen LogP contribution in [-0.2, 0) is 0 Å². The molecule has 19 heavy (non-hydrogen) atoms. The van der Waals surface area contributed by atoms with E-state index in [0.29, 0.717) is 16.5 Å². The Bertz CT molecular complexity index is 430. The van der Waals surface area contributed by atoms with Crippen LogP contribution in [0.4, 0.5) is 0 Å². The lowest BCUT2D eigenvalue weighted by Crippen LogP contribution is -2.40. The zero-order valence-electron chi connectivity index (χ0n) is 11.4. The van der Waals surface area contributed by atoms with Crippen molar-refractivity contribution in [1.29, 1.82) is 0 Å². The van der Waals surface area contributed by atoms with Crippen LogP contribution in [0.1, 0.15) is 55.8 Å². The molecule has 1 atom stereocenters. The molecule has 1 aliphatic rings. The molecule has 0 saturated heterocycles. The van der Waals surface area contributed by atoms with Crippen molar-refractivity contribution in [2.45, 2.75) is 51.5 Å². The van der Waals surface area contributed by atoms with E-state index in [1.54, 1.807) is 12.3 Å². The van der Waals surface area contributed by atoms with E-state index < -0.39 is 0 Å². The Balaban J connectivity index is 2.01. The first kappa shape index (κ1) is 14.3. The molecule has 1 saturated carbocycles. The highest BCUT2D eigenvalue weighted by Crippen LogP contribution is 2.28. The van der Waals surface area contributed by atoms with Crippen molar-refractivity contribution in [1.82, 2.24) is 10.3 Å². The summed E-state index contributed by atoms with van der Waals surface area (Å²) in [6, 6.07) is 1.90. The summed E-state index contributed by atoms with van der Waals surface area (Å²) in [5.41, 5.74) is 0.471. The van der Waals surface area contributed by atoms with E-state index >= 15 is 0 Å². The highest BCUT2D eigenvalue weighted by molar-refractivity contribution is 6.33. The van der Waals surface area contributed by atoms with Crippen molar-refractivity contribution in [3.05, 3.63) is 29.0 Å². The fourth-order valence-electron chi connectivity index (χ4n) is 2.88. The maximum atomic E-state index is 12.2. The first-order valence-corrected chi connectivity index (χ1v) is 7.50. The lowest BCUT2D eigenvalue weighted by atomic mass is 9.83. The van der Waals surface area contributed by atoms with Gasteiger partial charge in [-0.15, -0.1) is 0 Å². The second kappa shape index (κ2) is 6.90. The van der Waals surface area contributed by atoms with Gasteiger partial charge >= 0.3 is 0 Å². The molecule has 0 aliphatic heterocycles. The van der Waals surface area contributed by atoms with Crippen LogP contribution in [0.2, 0.25) is 5.02 Å². The maximum absolute atomic E-state index is 12.2. The topological polar surface area (TPSA) is 42.0 Å². The second-order valence-corrected chi connectivity index (χ2v) is 5.65. The molecule has 104 valence electrons. The van der Waals surface area contributed by atoms with Gasteiger partial charge in [-0.3, -0.25) is 9.78 Å². The summed E-state index contributed by atoms with van der Waals surface area (Å²) >= 11 is 6.03. The van der Waals surface area contributed by atoms with Gasteiger partial charge in [0.2, 0.25) is 0 Å². The number of nitrogens with one attached hydrogen (secondary N) is 1. The molecular weight excluding hydrogens is 260 g/mol. The van der Waals surface area contributed by atoms with Crippen molar-refractivity contribution < 1.29 is 4.79 Å². The minimum absolute atomic E-state index is 0.101. The summed E-state index contributed by atoms with van der Waals surface area (Å²) in [6.07, 6.45) is 10.4. The van der Waals surface area contributed by atoms with E-state index in [4.69, 9.17) is 11.6 Å².